The molecule has 1 unspecified atom stereocenters. The zero-order valence-corrected chi connectivity index (χ0v) is 16.2. The van der Waals surface area contributed by atoms with Crippen LogP contribution in [-0.2, 0) is 16.1 Å². The summed E-state index contributed by atoms with van der Waals surface area (Å²) in [6.45, 7) is 5.18. The van der Waals surface area contributed by atoms with Crippen LogP contribution in [0.2, 0.25) is 0 Å². The first kappa shape index (κ1) is 20.7. The summed E-state index contributed by atoms with van der Waals surface area (Å²) < 4.78 is 5.61. The summed E-state index contributed by atoms with van der Waals surface area (Å²) in [4.78, 5) is 26.6. The second kappa shape index (κ2) is 9.39. The molecule has 2 amide bonds. The number of fused-ring (bicyclic) bond motifs is 1. The fourth-order valence-corrected chi connectivity index (χ4v) is 2.91. The zero-order valence-electron chi connectivity index (χ0n) is 15.4. The van der Waals surface area contributed by atoms with Gasteiger partial charge in [-0.25, -0.2) is 0 Å². The van der Waals surface area contributed by atoms with Gasteiger partial charge in [-0.15, -0.1) is 12.4 Å². The van der Waals surface area contributed by atoms with Crippen molar-refractivity contribution >= 4 is 35.6 Å². The van der Waals surface area contributed by atoms with Crippen molar-refractivity contribution in [3.05, 3.63) is 54.1 Å². The molecule has 144 valence electrons. The molecule has 2 aromatic rings. The molecule has 1 atom stereocenters. The van der Waals surface area contributed by atoms with Gasteiger partial charge in [0.05, 0.1) is 5.69 Å². The highest BCUT2D eigenvalue weighted by Crippen LogP contribution is 2.33. The largest absolute Gasteiger partial charge is 0.479 e. The maximum atomic E-state index is 12.6. The Labute approximate surface area is 165 Å². The highest BCUT2D eigenvalue weighted by atomic mass is 35.5. The minimum atomic E-state index is -0.612. The summed E-state index contributed by atoms with van der Waals surface area (Å²) in [5, 5.41) is 6.17. The quantitative estimate of drug-likeness (QED) is 0.796. The molecule has 3 rings (SSSR count). The third-order valence-corrected chi connectivity index (χ3v) is 4.23. The van der Waals surface area contributed by atoms with Gasteiger partial charge in [0.25, 0.3) is 5.91 Å². The average Bonchev–Trinajstić information content (AvgIpc) is 2.64. The topological polar surface area (TPSA) is 70.7 Å². The van der Waals surface area contributed by atoms with Crippen LogP contribution in [0.25, 0.3) is 0 Å². The summed E-state index contributed by atoms with van der Waals surface area (Å²) in [5.74, 6) is 0.144. The fourth-order valence-electron chi connectivity index (χ4n) is 2.91. The van der Waals surface area contributed by atoms with E-state index in [2.05, 4.69) is 10.6 Å². The Morgan fingerprint density at radius 1 is 1.15 bits per heavy atom. The van der Waals surface area contributed by atoms with E-state index in [1.807, 2.05) is 43.3 Å². The van der Waals surface area contributed by atoms with Gasteiger partial charge < -0.3 is 15.4 Å². The van der Waals surface area contributed by atoms with Gasteiger partial charge in [0.2, 0.25) is 5.91 Å². The number of hydrogen-bond donors (Lipinski definition) is 2. The van der Waals surface area contributed by atoms with Gasteiger partial charge in [-0.2, -0.15) is 0 Å². The van der Waals surface area contributed by atoms with Crippen LogP contribution in [0.3, 0.4) is 0 Å². The van der Waals surface area contributed by atoms with E-state index in [-0.39, 0.29) is 30.8 Å². The van der Waals surface area contributed by atoms with Gasteiger partial charge >= 0.3 is 0 Å². The van der Waals surface area contributed by atoms with Crippen molar-refractivity contribution in [2.75, 3.05) is 23.3 Å². The first-order valence-corrected chi connectivity index (χ1v) is 8.75. The number of carbonyl (C=O) groups is 2. The van der Waals surface area contributed by atoms with Crippen LogP contribution in [-0.4, -0.2) is 31.0 Å². The molecule has 2 aromatic carbocycles. The van der Waals surface area contributed by atoms with Crippen molar-refractivity contribution in [2.45, 2.75) is 26.5 Å². The number of hydrogen-bond acceptors (Lipinski definition) is 4. The number of amides is 2. The molecule has 7 heteroatoms. The Kier molecular flexibility index (Phi) is 7.21. The Bertz CT molecular complexity index is 813. The van der Waals surface area contributed by atoms with E-state index in [1.54, 1.807) is 19.1 Å². The molecule has 1 aliphatic heterocycles. The van der Waals surface area contributed by atoms with Gasteiger partial charge in [0.15, 0.2) is 6.10 Å². The summed E-state index contributed by atoms with van der Waals surface area (Å²) in [5.41, 5.74) is 2.37. The van der Waals surface area contributed by atoms with E-state index in [4.69, 9.17) is 4.74 Å². The van der Waals surface area contributed by atoms with Crippen LogP contribution in [0.15, 0.2) is 48.5 Å². The summed E-state index contributed by atoms with van der Waals surface area (Å²) in [6.07, 6.45) is -0.612. The van der Waals surface area contributed by atoms with E-state index in [9.17, 15) is 9.59 Å². The van der Waals surface area contributed by atoms with E-state index in [0.29, 0.717) is 18.0 Å². The predicted molar refractivity (Wildman–Crippen MR) is 109 cm³/mol. The minimum Gasteiger partial charge on any atom is -0.479 e. The van der Waals surface area contributed by atoms with Gasteiger partial charge in [-0.3, -0.25) is 14.5 Å². The molecule has 6 nitrogen and oxygen atoms in total. The molecular formula is C20H24ClN3O3. The highest BCUT2D eigenvalue weighted by Gasteiger charge is 2.32. The Morgan fingerprint density at radius 2 is 1.85 bits per heavy atom. The molecular weight excluding hydrogens is 366 g/mol. The first-order valence-electron chi connectivity index (χ1n) is 8.75. The minimum absolute atomic E-state index is 0. The summed E-state index contributed by atoms with van der Waals surface area (Å²) >= 11 is 0. The van der Waals surface area contributed by atoms with Crippen LogP contribution in [0.1, 0.15) is 19.4 Å². The van der Waals surface area contributed by atoms with Crippen molar-refractivity contribution < 1.29 is 14.3 Å². The van der Waals surface area contributed by atoms with Crippen LogP contribution in [0.4, 0.5) is 11.4 Å². The van der Waals surface area contributed by atoms with Gasteiger partial charge in [-0.05, 0) is 37.2 Å². The number of rotatable bonds is 6. The number of para-hydroxylation sites is 3. The van der Waals surface area contributed by atoms with E-state index < -0.39 is 6.10 Å². The number of nitrogens with one attached hydrogen (secondary N) is 2. The summed E-state index contributed by atoms with van der Waals surface area (Å²) in [6, 6.07) is 14.9. The molecule has 0 saturated heterocycles. The fraction of sp³-hybridized carbons (Fsp3) is 0.300. The van der Waals surface area contributed by atoms with Crippen molar-refractivity contribution in [3.8, 4) is 5.75 Å². The van der Waals surface area contributed by atoms with Crippen molar-refractivity contribution in [1.82, 2.24) is 5.32 Å². The van der Waals surface area contributed by atoms with Gasteiger partial charge in [-0.1, -0.05) is 37.3 Å². The Balaban J connectivity index is 0.00000261. The van der Waals surface area contributed by atoms with E-state index in [1.165, 1.54) is 4.90 Å². The lowest BCUT2D eigenvalue weighted by Crippen LogP contribution is -2.47. The summed E-state index contributed by atoms with van der Waals surface area (Å²) in [7, 11) is 0. The molecule has 0 radical (unpaired) electrons. The maximum Gasteiger partial charge on any atom is 0.268 e. The molecule has 0 bridgehead atoms. The highest BCUT2D eigenvalue weighted by molar-refractivity contribution is 6.06. The molecule has 1 heterocycles. The Hall–Kier alpha value is -2.57. The number of carbonyl (C=O) groups excluding carboxylic acids is 2. The van der Waals surface area contributed by atoms with Crippen LogP contribution in [0, 0.1) is 0 Å². The molecule has 0 aliphatic carbocycles. The lowest BCUT2D eigenvalue weighted by molar-refractivity contribution is -0.127. The standard InChI is InChI=1S/C20H23N3O3.ClH/c1-3-21-12-15-8-4-5-9-16(15)22-19(24)13-23-17-10-6-7-11-18(17)26-14(2)20(23)25;/h4-11,14,21H,3,12-13H2,1-2H3,(H,22,24);1H. The lowest BCUT2D eigenvalue weighted by atomic mass is 10.1. The average molecular weight is 390 g/mol. The number of anilines is 2. The second-order valence-corrected chi connectivity index (χ2v) is 6.14. The lowest BCUT2D eigenvalue weighted by Gasteiger charge is -2.32. The first-order chi connectivity index (χ1) is 12.6. The van der Waals surface area contributed by atoms with Gasteiger partial charge in [0.1, 0.15) is 12.3 Å². The zero-order chi connectivity index (χ0) is 18.5. The van der Waals surface area contributed by atoms with E-state index >= 15 is 0 Å². The van der Waals surface area contributed by atoms with Crippen LogP contribution >= 0.6 is 12.4 Å². The predicted octanol–water partition coefficient (Wildman–Crippen LogP) is 2.97. The number of ether oxygens (including phenoxy) is 1. The van der Waals surface area contributed by atoms with Gasteiger partial charge in [0, 0.05) is 12.2 Å². The monoisotopic (exact) mass is 389 g/mol. The van der Waals surface area contributed by atoms with Crippen molar-refractivity contribution in [2.24, 2.45) is 0 Å². The SMILES string of the molecule is CCNCc1ccccc1NC(=O)CN1C(=O)C(C)Oc2ccccc21.Cl. The number of halogens is 1. The Morgan fingerprint density at radius 3 is 2.63 bits per heavy atom. The van der Waals surface area contributed by atoms with Crippen LogP contribution < -0.4 is 20.3 Å². The molecule has 0 spiro atoms. The normalized spacial score (nSPS) is 15.4. The molecule has 0 saturated carbocycles. The molecule has 27 heavy (non-hydrogen) atoms. The maximum absolute atomic E-state index is 12.6. The van der Waals surface area contributed by atoms with Crippen molar-refractivity contribution in [1.29, 1.82) is 0 Å². The van der Waals surface area contributed by atoms with Crippen LogP contribution in [0.5, 0.6) is 5.75 Å². The molecule has 2 N–H and O–H groups in total. The van der Waals surface area contributed by atoms with E-state index in [0.717, 1.165) is 17.8 Å². The number of nitrogens with zero attached hydrogens (tertiary/aromatic N) is 1. The van der Waals surface area contributed by atoms with Crippen molar-refractivity contribution in [3.63, 3.8) is 0 Å². The smallest absolute Gasteiger partial charge is 0.268 e. The molecule has 1 aliphatic rings. The third-order valence-electron chi connectivity index (χ3n) is 4.23. The molecule has 0 aromatic heterocycles. The third kappa shape index (κ3) is 4.78. The second-order valence-electron chi connectivity index (χ2n) is 6.14. The number of benzene rings is 2. The molecule has 0 fully saturated rings.